The highest BCUT2D eigenvalue weighted by atomic mass is 16.3. The molecule has 0 radical (unpaired) electrons. The number of aromatic nitrogens is 1. The van der Waals surface area contributed by atoms with Crippen molar-refractivity contribution in [2.45, 2.75) is 31.5 Å². The first-order valence-electron chi connectivity index (χ1n) is 8.06. The molecular formula is C17H20N4O4. The van der Waals surface area contributed by atoms with Gasteiger partial charge in [-0.05, 0) is 18.6 Å². The highest BCUT2D eigenvalue weighted by Gasteiger charge is 2.32. The SMILES string of the molecule is C[C@@H]1NC(=O)[C@H](CO)NC(=O)[C@H](Cc2c[nH]c3ccccc23)NC1=O. The number of nitrogens with one attached hydrogen (secondary N) is 4. The number of carbonyl (C=O) groups is 3. The second kappa shape index (κ2) is 6.94. The Balaban J connectivity index is 1.88. The lowest BCUT2D eigenvalue weighted by molar-refractivity contribution is -0.130. The molecule has 2 aromatic rings. The van der Waals surface area contributed by atoms with Crippen LogP contribution in [0.2, 0.25) is 0 Å². The molecule has 1 fully saturated rings. The quantitative estimate of drug-likeness (QED) is 0.500. The Morgan fingerprint density at radius 1 is 0.960 bits per heavy atom. The average Bonchev–Trinajstić information content (AvgIpc) is 3.01. The van der Waals surface area contributed by atoms with Gasteiger partial charge in [0, 0.05) is 23.5 Å². The number of carbonyl (C=O) groups excluding carboxylic acids is 3. The van der Waals surface area contributed by atoms with Crippen molar-refractivity contribution in [3.05, 3.63) is 36.0 Å². The van der Waals surface area contributed by atoms with Crippen LogP contribution in [0.15, 0.2) is 30.5 Å². The maximum Gasteiger partial charge on any atom is 0.245 e. The third kappa shape index (κ3) is 3.48. The number of aliphatic hydroxyl groups is 1. The molecule has 1 aromatic carbocycles. The molecule has 0 bridgehead atoms. The number of amides is 3. The summed E-state index contributed by atoms with van der Waals surface area (Å²) in [5, 5.41) is 17.9. The van der Waals surface area contributed by atoms with E-state index in [1.807, 2.05) is 24.3 Å². The monoisotopic (exact) mass is 344 g/mol. The first kappa shape index (κ1) is 17.0. The Kier molecular flexibility index (Phi) is 4.71. The molecule has 5 N–H and O–H groups in total. The first-order valence-corrected chi connectivity index (χ1v) is 8.06. The Morgan fingerprint density at radius 3 is 2.40 bits per heavy atom. The molecule has 3 atom stereocenters. The normalized spacial score (nSPS) is 24.7. The zero-order chi connectivity index (χ0) is 18.0. The van der Waals surface area contributed by atoms with Crippen molar-refractivity contribution in [1.29, 1.82) is 0 Å². The number of H-pyrrole nitrogens is 1. The summed E-state index contributed by atoms with van der Waals surface area (Å²) in [6.07, 6.45) is 2.06. The average molecular weight is 344 g/mol. The van der Waals surface area contributed by atoms with E-state index >= 15 is 0 Å². The summed E-state index contributed by atoms with van der Waals surface area (Å²) >= 11 is 0. The number of aromatic amines is 1. The molecule has 1 aliphatic heterocycles. The predicted octanol–water partition coefficient (Wildman–Crippen LogP) is -0.809. The second-order valence-corrected chi connectivity index (χ2v) is 6.10. The predicted molar refractivity (Wildman–Crippen MR) is 90.6 cm³/mol. The number of aliphatic hydroxyl groups excluding tert-OH is 1. The largest absolute Gasteiger partial charge is 0.394 e. The van der Waals surface area contributed by atoms with Crippen LogP contribution < -0.4 is 16.0 Å². The van der Waals surface area contributed by atoms with Gasteiger partial charge in [0.1, 0.15) is 18.1 Å². The van der Waals surface area contributed by atoms with Gasteiger partial charge in [-0.25, -0.2) is 0 Å². The highest BCUT2D eigenvalue weighted by molar-refractivity contribution is 5.97. The molecule has 2 heterocycles. The van der Waals surface area contributed by atoms with Crippen LogP contribution in [0, 0.1) is 0 Å². The Labute approximate surface area is 144 Å². The number of hydrogen-bond acceptors (Lipinski definition) is 4. The van der Waals surface area contributed by atoms with Crippen molar-refractivity contribution in [3.8, 4) is 0 Å². The van der Waals surface area contributed by atoms with Gasteiger partial charge in [0.15, 0.2) is 0 Å². The molecule has 1 saturated heterocycles. The lowest BCUT2D eigenvalue weighted by atomic mass is 10.0. The van der Waals surface area contributed by atoms with Gasteiger partial charge >= 0.3 is 0 Å². The molecule has 132 valence electrons. The molecule has 0 spiro atoms. The fourth-order valence-electron chi connectivity index (χ4n) is 2.87. The maximum absolute atomic E-state index is 12.5. The zero-order valence-corrected chi connectivity index (χ0v) is 13.7. The summed E-state index contributed by atoms with van der Waals surface area (Å²) in [4.78, 5) is 39.9. The molecule has 25 heavy (non-hydrogen) atoms. The van der Waals surface area contributed by atoms with Crippen LogP contribution in [-0.4, -0.2) is 52.5 Å². The number of rotatable bonds is 3. The van der Waals surface area contributed by atoms with E-state index in [2.05, 4.69) is 20.9 Å². The summed E-state index contributed by atoms with van der Waals surface area (Å²) in [6, 6.07) is 4.91. The molecular weight excluding hydrogens is 324 g/mol. The van der Waals surface area contributed by atoms with Crippen molar-refractivity contribution in [3.63, 3.8) is 0 Å². The minimum absolute atomic E-state index is 0.265. The highest BCUT2D eigenvalue weighted by Crippen LogP contribution is 2.19. The van der Waals surface area contributed by atoms with Crippen molar-refractivity contribution in [1.82, 2.24) is 20.9 Å². The number of benzene rings is 1. The van der Waals surface area contributed by atoms with E-state index in [9.17, 15) is 19.5 Å². The van der Waals surface area contributed by atoms with Crippen LogP contribution in [0.1, 0.15) is 12.5 Å². The topological polar surface area (TPSA) is 123 Å². The molecule has 8 heteroatoms. The van der Waals surface area contributed by atoms with Gasteiger partial charge in [0.05, 0.1) is 6.61 Å². The van der Waals surface area contributed by atoms with E-state index in [0.29, 0.717) is 0 Å². The van der Waals surface area contributed by atoms with E-state index in [4.69, 9.17) is 0 Å². The van der Waals surface area contributed by atoms with Crippen molar-refractivity contribution >= 4 is 28.6 Å². The van der Waals surface area contributed by atoms with Gasteiger partial charge in [0.25, 0.3) is 0 Å². The van der Waals surface area contributed by atoms with Crippen LogP contribution in [0.5, 0.6) is 0 Å². The Hall–Kier alpha value is -2.87. The number of hydrogen-bond donors (Lipinski definition) is 5. The Morgan fingerprint density at radius 2 is 1.64 bits per heavy atom. The lowest BCUT2D eigenvalue weighted by Crippen LogP contribution is -2.52. The second-order valence-electron chi connectivity index (χ2n) is 6.10. The molecule has 1 aliphatic rings. The number of para-hydroxylation sites is 1. The summed E-state index contributed by atoms with van der Waals surface area (Å²) in [5.41, 5.74) is 1.81. The van der Waals surface area contributed by atoms with Crippen molar-refractivity contribution < 1.29 is 19.5 Å². The lowest BCUT2D eigenvalue weighted by Gasteiger charge is -2.19. The van der Waals surface area contributed by atoms with Gasteiger partial charge in [-0.1, -0.05) is 18.2 Å². The molecule has 0 aliphatic carbocycles. The minimum Gasteiger partial charge on any atom is -0.394 e. The van der Waals surface area contributed by atoms with E-state index in [1.165, 1.54) is 6.92 Å². The maximum atomic E-state index is 12.5. The minimum atomic E-state index is -1.09. The molecule has 0 saturated carbocycles. The molecule has 0 unspecified atom stereocenters. The number of fused-ring (bicyclic) bond motifs is 1. The van der Waals surface area contributed by atoms with Gasteiger partial charge in [-0.2, -0.15) is 0 Å². The van der Waals surface area contributed by atoms with E-state index in [0.717, 1.165) is 16.5 Å². The summed E-state index contributed by atoms with van der Waals surface area (Å²) in [5.74, 6) is -1.56. The van der Waals surface area contributed by atoms with Crippen LogP contribution in [-0.2, 0) is 20.8 Å². The van der Waals surface area contributed by atoms with Crippen LogP contribution in [0.3, 0.4) is 0 Å². The molecule has 3 rings (SSSR count). The van der Waals surface area contributed by atoms with E-state index in [1.54, 1.807) is 6.20 Å². The van der Waals surface area contributed by atoms with Gasteiger partial charge in [-0.15, -0.1) is 0 Å². The summed E-state index contributed by atoms with van der Waals surface area (Å²) in [7, 11) is 0. The molecule has 3 amide bonds. The molecule has 1 aromatic heterocycles. The fourth-order valence-corrected chi connectivity index (χ4v) is 2.87. The summed E-state index contributed by atoms with van der Waals surface area (Å²) in [6.45, 7) is 0.985. The van der Waals surface area contributed by atoms with E-state index in [-0.39, 0.29) is 6.42 Å². The van der Waals surface area contributed by atoms with E-state index < -0.39 is 42.5 Å². The van der Waals surface area contributed by atoms with Gasteiger partial charge < -0.3 is 26.0 Å². The van der Waals surface area contributed by atoms with Crippen molar-refractivity contribution in [2.24, 2.45) is 0 Å². The van der Waals surface area contributed by atoms with Crippen LogP contribution in [0.4, 0.5) is 0 Å². The Bertz CT molecular complexity index is 816. The van der Waals surface area contributed by atoms with Crippen LogP contribution >= 0.6 is 0 Å². The standard InChI is InChI=1S/C17H20N4O4/c1-9-15(23)20-13(16(24)21-14(8-22)17(25)19-9)6-10-7-18-12-5-3-2-4-11(10)12/h2-5,7,9,13-14,18,22H,6,8H2,1H3,(H,19,25)(H,20,23)(H,21,24)/t9-,13-,14-/m0/s1. The first-order chi connectivity index (χ1) is 12.0. The van der Waals surface area contributed by atoms with Gasteiger partial charge in [0.2, 0.25) is 17.7 Å². The molecule has 8 nitrogen and oxygen atoms in total. The van der Waals surface area contributed by atoms with Crippen molar-refractivity contribution in [2.75, 3.05) is 6.61 Å². The van der Waals surface area contributed by atoms with Crippen LogP contribution in [0.25, 0.3) is 10.9 Å². The van der Waals surface area contributed by atoms with Gasteiger partial charge in [-0.3, -0.25) is 14.4 Å². The smallest absolute Gasteiger partial charge is 0.245 e. The summed E-state index contributed by atoms with van der Waals surface area (Å²) < 4.78 is 0. The third-order valence-corrected chi connectivity index (χ3v) is 4.30. The fraction of sp³-hybridized carbons (Fsp3) is 0.353. The zero-order valence-electron chi connectivity index (χ0n) is 13.7. The third-order valence-electron chi connectivity index (χ3n) is 4.30.